The van der Waals surface area contributed by atoms with E-state index >= 15 is 0 Å². The SMILES string of the molecule is COc1cccc(/C=C/C(=O)NC2CCN(c3ccccc3OC(F)F)C2)c1. The normalized spacial score (nSPS) is 16.6. The molecule has 1 aliphatic rings. The number of nitrogens with one attached hydrogen (secondary N) is 1. The van der Waals surface area contributed by atoms with Gasteiger partial charge in [-0.25, -0.2) is 0 Å². The van der Waals surface area contributed by atoms with E-state index in [1.165, 1.54) is 12.1 Å². The second kappa shape index (κ2) is 9.21. The Kier molecular flexibility index (Phi) is 6.47. The van der Waals surface area contributed by atoms with Gasteiger partial charge in [0.15, 0.2) is 0 Å². The summed E-state index contributed by atoms with van der Waals surface area (Å²) >= 11 is 0. The first kappa shape index (κ1) is 19.7. The molecule has 28 heavy (non-hydrogen) atoms. The molecule has 1 N–H and O–H groups in total. The highest BCUT2D eigenvalue weighted by atomic mass is 19.3. The van der Waals surface area contributed by atoms with E-state index in [4.69, 9.17) is 4.74 Å². The van der Waals surface area contributed by atoms with E-state index in [2.05, 4.69) is 10.1 Å². The fourth-order valence-electron chi connectivity index (χ4n) is 3.18. The van der Waals surface area contributed by atoms with Crippen LogP contribution >= 0.6 is 0 Å². The molecule has 1 saturated heterocycles. The summed E-state index contributed by atoms with van der Waals surface area (Å²) in [5.41, 5.74) is 1.46. The fraction of sp³-hybridized carbons (Fsp3) is 0.286. The van der Waals surface area contributed by atoms with Gasteiger partial charge < -0.3 is 19.7 Å². The van der Waals surface area contributed by atoms with Crippen molar-refractivity contribution in [2.45, 2.75) is 19.1 Å². The molecule has 148 valence electrons. The van der Waals surface area contributed by atoms with Crippen LogP contribution in [0.5, 0.6) is 11.5 Å². The van der Waals surface area contributed by atoms with E-state index in [9.17, 15) is 13.6 Å². The average molecular weight is 388 g/mol. The van der Waals surface area contributed by atoms with Crippen LogP contribution in [0.3, 0.4) is 0 Å². The summed E-state index contributed by atoms with van der Waals surface area (Å²) in [5, 5.41) is 2.95. The number of rotatable bonds is 7. The quantitative estimate of drug-likeness (QED) is 0.735. The molecule has 1 atom stereocenters. The molecule has 2 aromatic carbocycles. The number of benzene rings is 2. The summed E-state index contributed by atoms with van der Waals surface area (Å²) in [6, 6.07) is 14.0. The van der Waals surface area contributed by atoms with Gasteiger partial charge in [-0.3, -0.25) is 4.79 Å². The zero-order chi connectivity index (χ0) is 19.9. The Balaban J connectivity index is 1.57. The van der Waals surface area contributed by atoms with Crippen molar-refractivity contribution in [3.05, 3.63) is 60.2 Å². The monoisotopic (exact) mass is 388 g/mol. The molecule has 7 heteroatoms. The summed E-state index contributed by atoms with van der Waals surface area (Å²) in [5.74, 6) is 0.660. The van der Waals surface area contributed by atoms with Gasteiger partial charge in [-0.05, 0) is 42.3 Å². The highest BCUT2D eigenvalue weighted by Crippen LogP contribution is 2.31. The van der Waals surface area contributed by atoms with Gasteiger partial charge in [-0.2, -0.15) is 8.78 Å². The van der Waals surface area contributed by atoms with Crippen LogP contribution in [0.25, 0.3) is 6.08 Å². The first-order valence-corrected chi connectivity index (χ1v) is 8.96. The number of amides is 1. The molecule has 1 heterocycles. The van der Waals surface area contributed by atoms with Crippen LogP contribution in [-0.2, 0) is 4.79 Å². The largest absolute Gasteiger partial charge is 0.497 e. The summed E-state index contributed by atoms with van der Waals surface area (Å²) in [4.78, 5) is 14.1. The van der Waals surface area contributed by atoms with Crippen molar-refractivity contribution >= 4 is 17.7 Å². The van der Waals surface area contributed by atoms with E-state index in [-0.39, 0.29) is 17.7 Å². The molecule has 3 rings (SSSR count). The number of para-hydroxylation sites is 2. The smallest absolute Gasteiger partial charge is 0.387 e. The predicted octanol–water partition coefficient (Wildman–Crippen LogP) is 3.70. The number of ether oxygens (including phenoxy) is 2. The molecule has 1 aliphatic heterocycles. The van der Waals surface area contributed by atoms with Crippen LogP contribution < -0.4 is 19.7 Å². The van der Waals surface area contributed by atoms with Gasteiger partial charge in [0, 0.05) is 25.2 Å². The van der Waals surface area contributed by atoms with Crippen LogP contribution in [0.1, 0.15) is 12.0 Å². The third kappa shape index (κ3) is 5.22. The molecule has 0 spiro atoms. The van der Waals surface area contributed by atoms with Crippen LogP contribution in [0.15, 0.2) is 54.6 Å². The average Bonchev–Trinajstić information content (AvgIpc) is 3.14. The standard InChI is InChI=1S/C21H22F2N2O3/c1-27-17-6-4-5-15(13-17)9-10-20(26)24-16-11-12-25(14-16)18-7-2-3-8-19(18)28-21(22)23/h2-10,13,16,21H,11-12,14H2,1H3,(H,24,26)/b10-9+. The number of nitrogens with zero attached hydrogens (tertiary/aromatic N) is 1. The lowest BCUT2D eigenvalue weighted by Gasteiger charge is -2.21. The Labute approximate surface area is 162 Å². The predicted molar refractivity (Wildman–Crippen MR) is 104 cm³/mol. The molecule has 5 nitrogen and oxygen atoms in total. The first-order valence-electron chi connectivity index (χ1n) is 8.96. The molecule has 0 bridgehead atoms. The Hall–Kier alpha value is -3.09. The second-order valence-corrected chi connectivity index (χ2v) is 6.40. The van der Waals surface area contributed by atoms with Crippen molar-refractivity contribution in [1.82, 2.24) is 5.32 Å². The number of hydrogen-bond acceptors (Lipinski definition) is 4. The van der Waals surface area contributed by atoms with Gasteiger partial charge in [0.1, 0.15) is 11.5 Å². The van der Waals surface area contributed by atoms with Crippen LogP contribution in [-0.4, -0.2) is 38.8 Å². The van der Waals surface area contributed by atoms with Crippen molar-refractivity contribution in [1.29, 1.82) is 0 Å². The van der Waals surface area contributed by atoms with Crippen molar-refractivity contribution in [3.63, 3.8) is 0 Å². The van der Waals surface area contributed by atoms with Crippen molar-refractivity contribution in [2.24, 2.45) is 0 Å². The number of carbonyl (C=O) groups excluding carboxylic acids is 1. The van der Waals surface area contributed by atoms with Crippen molar-refractivity contribution < 1.29 is 23.0 Å². The number of methoxy groups -OCH3 is 1. The number of halogens is 2. The van der Waals surface area contributed by atoms with Gasteiger partial charge in [-0.1, -0.05) is 24.3 Å². The van der Waals surface area contributed by atoms with Gasteiger partial charge in [0.25, 0.3) is 0 Å². The number of carbonyl (C=O) groups is 1. The van der Waals surface area contributed by atoms with E-state index < -0.39 is 6.61 Å². The highest BCUT2D eigenvalue weighted by Gasteiger charge is 2.26. The molecule has 2 aromatic rings. The lowest BCUT2D eigenvalue weighted by molar-refractivity contribution is -0.117. The third-order valence-electron chi connectivity index (χ3n) is 4.48. The Bertz CT molecular complexity index is 842. The molecule has 0 saturated carbocycles. The Morgan fingerprint density at radius 3 is 2.86 bits per heavy atom. The maximum absolute atomic E-state index is 12.6. The topological polar surface area (TPSA) is 50.8 Å². The molecule has 0 radical (unpaired) electrons. The number of anilines is 1. The minimum Gasteiger partial charge on any atom is -0.497 e. The highest BCUT2D eigenvalue weighted by molar-refractivity contribution is 5.92. The van der Waals surface area contributed by atoms with Crippen LogP contribution in [0.2, 0.25) is 0 Å². The van der Waals surface area contributed by atoms with E-state index in [1.807, 2.05) is 29.2 Å². The van der Waals surface area contributed by atoms with E-state index in [0.717, 1.165) is 17.7 Å². The fourth-order valence-corrected chi connectivity index (χ4v) is 3.18. The number of alkyl halides is 2. The molecule has 1 fully saturated rings. The van der Waals surface area contributed by atoms with Crippen molar-refractivity contribution in [3.8, 4) is 11.5 Å². The maximum Gasteiger partial charge on any atom is 0.387 e. The Morgan fingerprint density at radius 1 is 1.25 bits per heavy atom. The zero-order valence-corrected chi connectivity index (χ0v) is 15.5. The third-order valence-corrected chi connectivity index (χ3v) is 4.48. The maximum atomic E-state index is 12.6. The van der Waals surface area contributed by atoms with E-state index in [0.29, 0.717) is 18.8 Å². The first-order chi connectivity index (χ1) is 13.5. The van der Waals surface area contributed by atoms with Crippen molar-refractivity contribution in [2.75, 3.05) is 25.1 Å². The molecular weight excluding hydrogens is 366 g/mol. The second-order valence-electron chi connectivity index (χ2n) is 6.40. The molecule has 1 amide bonds. The van der Waals surface area contributed by atoms with E-state index in [1.54, 1.807) is 31.4 Å². The summed E-state index contributed by atoms with van der Waals surface area (Å²) in [7, 11) is 1.59. The minimum absolute atomic E-state index is 0.0675. The lowest BCUT2D eigenvalue weighted by Crippen LogP contribution is -2.36. The van der Waals surface area contributed by atoms with Crippen LogP contribution in [0, 0.1) is 0 Å². The lowest BCUT2D eigenvalue weighted by atomic mass is 10.2. The number of hydrogen-bond donors (Lipinski definition) is 1. The van der Waals surface area contributed by atoms with Gasteiger partial charge in [0.05, 0.1) is 12.8 Å². The van der Waals surface area contributed by atoms with Gasteiger partial charge in [-0.15, -0.1) is 0 Å². The van der Waals surface area contributed by atoms with Gasteiger partial charge >= 0.3 is 6.61 Å². The molecular formula is C21H22F2N2O3. The summed E-state index contributed by atoms with van der Waals surface area (Å²) < 4.78 is 34.9. The van der Waals surface area contributed by atoms with Gasteiger partial charge in [0.2, 0.25) is 5.91 Å². The molecule has 0 aliphatic carbocycles. The minimum atomic E-state index is -2.87. The molecule has 0 aromatic heterocycles. The summed E-state index contributed by atoms with van der Waals surface area (Å²) in [6.45, 7) is -1.70. The zero-order valence-electron chi connectivity index (χ0n) is 15.5. The van der Waals surface area contributed by atoms with Crippen LogP contribution in [0.4, 0.5) is 14.5 Å². The Morgan fingerprint density at radius 2 is 2.07 bits per heavy atom. The molecule has 1 unspecified atom stereocenters. The summed E-state index contributed by atoms with van der Waals surface area (Å²) in [6.07, 6.45) is 3.92.